The van der Waals surface area contributed by atoms with Crippen molar-refractivity contribution < 1.29 is 19.4 Å². The molecule has 0 saturated carbocycles. The van der Waals surface area contributed by atoms with Gasteiger partial charge < -0.3 is 20.6 Å². The number of nitrogen functional groups attached to an aromatic ring is 1. The number of nitrogens with two attached hydrogens (primary N) is 1. The van der Waals surface area contributed by atoms with E-state index < -0.39 is 5.97 Å². The first-order valence-electron chi connectivity index (χ1n) is 6.01. The Labute approximate surface area is 115 Å². The summed E-state index contributed by atoms with van der Waals surface area (Å²) < 4.78 is 5.29. The van der Waals surface area contributed by atoms with E-state index in [1.54, 1.807) is 12.1 Å². The Morgan fingerprint density at radius 2 is 2.05 bits per heavy atom. The number of aromatic carboxylic acids is 1. The maximum absolute atomic E-state index is 12.2. The lowest BCUT2D eigenvalue weighted by molar-refractivity contribution is 0.0691. The molecule has 0 unspecified atom stereocenters. The summed E-state index contributed by atoms with van der Waals surface area (Å²) in [5.41, 5.74) is 6.78. The largest absolute Gasteiger partial charge is 0.492 e. The van der Waals surface area contributed by atoms with Gasteiger partial charge in [0.2, 0.25) is 0 Å². The summed E-state index contributed by atoms with van der Waals surface area (Å²) in [4.78, 5) is 25.5. The molecule has 0 aliphatic rings. The molecule has 0 saturated heterocycles. The van der Waals surface area contributed by atoms with E-state index in [9.17, 15) is 9.59 Å². The number of nitrogens with one attached hydrogen (secondary N) is 1. The van der Waals surface area contributed by atoms with Gasteiger partial charge in [0.1, 0.15) is 11.4 Å². The number of anilines is 1. The van der Waals surface area contributed by atoms with Crippen LogP contribution in [0.15, 0.2) is 30.5 Å². The van der Waals surface area contributed by atoms with Crippen LogP contribution in [0.5, 0.6) is 5.75 Å². The van der Waals surface area contributed by atoms with Crippen LogP contribution in [0.25, 0.3) is 0 Å². The molecule has 2 aromatic rings. The summed E-state index contributed by atoms with van der Waals surface area (Å²) in [5, 5.41) is 8.81. The predicted octanol–water partition coefficient (Wildman–Crippen LogP) is 1.92. The van der Waals surface area contributed by atoms with Crippen LogP contribution >= 0.6 is 0 Å². The van der Waals surface area contributed by atoms with Gasteiger partial charge in [0.05, 0.1) is 12.3 Å². The molecule has 1 heterocycles. The van der Waals surface area contributed by atoms with Gasteiger partial charge in [-0.25, -0.2) is 4.79 Å². The molecule has 20 heavy (non-hydrogen) atoms. The van der Waals surface area contributed by atoms with E-state index in [1.807, 2.05) is 6.92 Å². The standard InChI is InChI=1S/C14H14N2O4/c1-2-20-12-4-3-8(5-10(12)15)13(17)9-6-11(14(18)19)16-7-9/h3-7,16H,2,15H2,1H3,(H,18,19). The molecule has 6 heteroatoms. The Morgan fingerprint density at radius 3 is 2.60 bits per heavy atom. The zero-order valence-electron chi connectivity index (χ0n) is 10.8. The summed E-state index contributed by atoms with van der Waals surface area (Å²) in [7, 11) is 0. The fourth-order valence-corrected chi connectivity index (χ4v) is 1.79. The van der Waals surface area contributed by atoms with Crippen LogP contribution in [0.3, 0.4) is 0 Å². The molecule has 1 aromatic heterocycles. The third kappa shape index (κ3) is 2.64. The molecule has 0 aliphatic carbocycles. The minimum atomic E-state index is -1.12. The number of carbonyl (C=O) groups excluding carboxylic acids is 1. The molecule has 0 amide bonds. The Bertz CT molecular complexity index is 661. The van der Waals surface area contributed by atoms with Crippen LogP contribution in [-0.2, 0) is 0 Å². The van der Waals surface area contributed by atoms with Crippen LogP contribution in [0.4, 0.5) is 5.69 Å². The predicted molar refractivity (Wildman–Crippen MR) is 73.2 cm³/mol. The highest BCUT2D eigenvalue weighted by Crippen LogP contribution is 2.24. The number of hydrogen-bond acceptors (Lipinski definition) is 4. The molecule has 6 nitrogen and oxygen atoms in total. The number of benzene rings is 1. The van der Waals surface area contributed by atoms with Crippen LogP contribution in [0.1, 0.15) is 33.3 Å². The van der Waals surface area contributed by atoms with Crippen LogP contribution < -0.4 is 10.5 Å². The van der Waals surface area contributed by atoms with Crippen LogP contribution in [-0.4, -0.2) is 28.4 Å². The zero-order valence-corrected chi connectivity index (χ0v) is 10.8. The van der Waals surface area contributed by atoms with Crippen LogP contribution in [0.2, 0.25) is 0 Å². The van der Waals surface area contributed by atoms with Gasteiger partial charge in [0.25, 0.3) is 0 Å². The molecule has 4 N–H and O–H groups in total. The number of aromatic amines is 1. The fourth-order valence-electron chi connectivity index (χ4n) is 1.79. The quantitative estimate of drug-likeness (QED) is 0.570. The topological polar surface area (TPSA) is 105 Å². The van der Waals surface area contributed by atoms with E-state index in [0.29, 0.717) is 23.6 Å². The van der Waals surface area contributed by atoms with Crippen molar-refractivity contribution in [1.82, 2.24) is 4.98 Å². The van der Waals surface area contributed by atoms with Crippen molar-refractivity contribution in [2.45, 2.75) is 6.92 Å². The van der Waals surface area contributed by atoms with Gasteiger partial charge >= 0.3 is 5.97 Å². The van der Waals surface area contributed by atoms with Crippen molar-refractivity contribution >= 4 is 17.4 Å². The van der Waals surface area contributed by atoms with Gasteiger partial charge in [-0.3, -0.25) is 4.79 Å². The number of ketones is 1. The Morgan fingerprint density at radius 1 is 1.30 bits per heavy atom. The van der Waals surface area contributed by atoms with Crippen molar-refractivity contribution in [3.63, 3.8) is 0 Å². The molecule has 2 rings (SSSR count). The first-order valence-corrected chi connectivity index (χ1v) is 6.01. The van der Waals surface area contributed by atoms with E-state index in [1.165, 1.54) is 18.3 Å². The smallest absolute Gasteiger partial charge is 0.352 e. The summed E-state index contributed by atoms with van der Waals surface area (Å²) in [6, 6.07) is 6.02. The van der Waals surface area contributed by atoms with E-state index in [0.717, 1.165) is 0 Å². The molecular formula is C14H14N2O4. The van der Waals surface area contributed by atoms with E-state index >= 15 is 0 Å². The van der Waals surface area contributed by atoms with Gasteiger partial charge in [-0.15, -0.1) is 0 Å². The van der Waals surface area contributed by atoms with Crippen molar-refractivity contribution in [1.29, 1.82) is 0 Å². The second-order valence-corrected chi connectivity index (χ2v) is 4.12. The molecule has 0 aliphatic heterocycles. The first-order chi connectivity index (χ1) is 9.52. The summed E-state index contributed by atoms with van der Waals surface area (Å²) in [6.45, 7) is 2.32. The second-order valence-electron chi connectivity index (χ2n) is 4.12. The lowest BCUT2D eigenvalue weighted by Gasteiger charge is -2.07. The number of rotatable bonds is 5. The molecule has 0 bridgehead atoms. The van der Waals surface area contributed by atoms with Crippen molar-refractivity contribution in [2.75, 3.05) is 12.3 Å². The number of hydrogen-bond donors (Lipinski definition) is 3. The highest BCUT2D eigenvalue weighted by atomic mass is 16.5. The lowest BCUT2D eigenvalue weighted by atomic mass is 10.0. The molecule has 0 radical (unpaired) electrons. The Hall–Kier alpha value is -2.76. The minimum Gasteiger partial charge on any atom is -0.492 e. The third-order valence-corrected chi connectivity index (χ3v) is 2.75. The van der Waals surface area contributed by atoms with Crippen molar-refractivity contribution in [2.24, 2.45) is 0 Å². The average Bonchev–Trinajstić information content (AvgIpc) is 2.90. The second kappa shape index (κ2) is 5.48. The minimum absolute atomic E-state index is 0.0349. The Kier molecular flexibility index (Phi) is 3.74. The van der Waals surface area contributed by atoms with Gasteiger partial charge in [-0.2, -0.15) is 0 Å². The van der Waals surface area contributed by atoms with Crippen LogP contribution in [0, 0.1) is 0 Å². The monoisotopic (exact) mass is 274 g/mol. The fraction of sp³-hybridized carbons (Fsp3) is 0.143. The number of H-pyrrole nitrogens is 1. The first kappa shape index (κ1) is 13.7. The van der Waals surface area contributed by atoms with E-state index in [2.05, 4.69) is 4.98 Å². The summed E-state index contributed by atoms with van der Waals surface area (Å²) in [5.74, 6) is -0.900. The maximum atomic E-state index is 12.2. The SMILES string of the molecule is CCOc1ccc(C(=O)c2c[nH]c(C(=O)O)c2)cc1N. The van der Waals surface area contributed by atoms with Gasteiger partial charge in [0.15, 0.2) is 5.78 Å². The maximum Gasteiger partial charge on any atom is 0.352 e. The molecule has 104 valence electrons. The van der Waals surface area contributed by atoms with Gasteiger partial charge in [-0.1, -0.05) is 0 Å². The molecule has 0 atom stereocenters. The molecular weight excluding hydrogens is 260 g/mol. The molecule has 0 fully saturated rings. The van der Waals surface area contributed by atoms with E-state index in [-0.39, 0.29) is 17.0 Å². The number of carbonyl (C=O) groups is 2. The van der Waals surface area contributed by atoms with Crippen molar-refractivity contribution in [3.8, 4) is 5.75 Å². The average molecular weight is 274 g/mol. The van der Waals surface area contributed by atoms with Gasteiger partial charge in [-0.05, 0) is 31.2 Å². The molecule has 1 aromatic carbocycles. The normalized spacial score (nSPS) is 10.2. The van der Waals surface area contributed by atoms with Gasteiger partial charge in [0, 0.05) is 17.3 Å². The highest BCUT2D eigenvalue weighted by molar-refractivity contribution is 6.10. The number of carboxylic acids is 1. The Balaban J connectivity index is 2.28. The highest BCUT2D eigenvalue weighted by Gasteiger charge is 2.15. The van der Waals surface area contributed by atoms with E-state index in [4.69, 9.17) is 15.6 Å². The zero-order chi connectivity index (χ0) is 14.7. The number of aromatic nitrogens is 1. The van der Waals surface area contributed by atoms with Crippen molar-refractivity contribution in [3.05, 3.63) is 47.3 Å². The number of ether oxygens (including phenoxy) is 1. The third-order valence-electron chi connectivity index (χ3n) is 2.75. The lowest BCUT2D eigenvalue weighted by Crippen LogP contribution is -2.03. The number of carboxylic acid groups (broad SMARTS) is 1. The summed E-state index contributed by atoms with van der Waals surface area (Å²) in [6.07, 6.45) is 1.36. The summed E-state index contributed by atoms with van der Waals surface area (Å²) >= 11 is 0. The molecule has 0 spiro atoms.